The molecule has 1 aromatic carbocycles. The molecule has 1 fully saturated rings. The van der Waals surface area contributed by atoms with Crippen LogP contribution >= 0.6 is 15.9 Å². The van der Waals surface area contributed by atoms with Crippen molar-refractivity contribution in [1.29, 1.82) is 0 Å². The van der Waals surface area contributed by atoms with Gasteiger partial charge in [0.15, 0.2) is 0 Å². The Bertz CT molecular complexity index is 521. The first-order chi connectivity index (χ1) is 8.97. The third kappa shape index (κ3) is 3.32. The van der Waals surface area contributed by atoms with Crippen molar-refractivity contribution in [2.45, 2.75) is 19.3 Å². The summed E-state index contributed by atoms with van der Waals surface area (Å²) in [7, 11) is 0. The van der Waals surface area contributed by atoms with Gasteiger partial charge in [-0.25, -0.2) is 4.39 Å². The minimum absolute atomic E-state index is 0.206. The maximum Gasteiger partial charge on any atom is 0.306 e. The zero-order valence-corrected chi connectivity index (χ0v) is 11.6. The highest BCUT2D eigenvalue weighted by atomic mass is 79.9. The molecule has 1 aromatic rings. The molecule has 0 bridgehead atoms. The fourth-order valence-electron chi connectivity index (χ4n) is 2.26. The number of carbonyl (C=O) groups is 2. The average Bonchev–Trinajstić information content (AvgIpc) is 2.83. The van der Waals surface area contributed by atoms with Gasteiger partial charge in [0.05, 0.1) is 10.4 Å². The standard InChI is InChI=1S/C13H13BrFNO3/c14-10-6-9(3-4-11(10)15)16-12(17)7-1-2-8(5-7)13(18)19/h3-4,6-8H,1-2,5H2,(H,16,17)(H,18,19)/t7-,8+/m1/s1. The first kappa shape index (κ1) is 14.0. The van der Waals surface area contributed by atoms with Gasteiger partial charge in [0.1, 0.15) is 5.82 Å². The molecule has 0 heterocycles. The van der Waals surface area contributed by atoms with E-state index >= 15 is 0 Å². The average molecular weight is 330 g/mol. The highest BCUT2D eigenvalue weighted by Gasteiger charge is 2.33. The predicted molar refractivity (Wildman–Crippen MR) is 71.2 cm³/mol. The molecule has 6 heteroatoms. The summed E-state index contributed by atoms with van der Waals surface area (Å²) in [6, 6.07) is 4.22. The van der Waals surface area contributed by atoms with Gasteiger partial charge in [0.25, 0.3) is 0 Å². The molecule has 1 amide bonds. The third-order valence-electron chi connectivity index (χ3n) is 3.34. The van der Waals surface area contributed by atoms with Crippen LogP contribution in [-0.4, -0.2) is 17.0 Å². The molecule has 0 radical (unpaired) electrons. The number of halogens is 2. The normalized spacial score (nSPS) is 22.2. The SMILES string of the molecule is O=C(O)[C@H]1CC[C@@H](C(=O)Nc2ccc(F)c(Br)c2)C1. The minimum atomic E-state index is -0.847. The fraction of sp³-hybridized carbons (Fsp3) is 0.385. The van der Waals surface area contributed by atoms with E-state index in [0.29, 0.717) is 24.9 Å². The fourth-order valence-corrected chi connectivity index (χ4v) is 2.64. The molecule has 0 aromatic heterocycles. The van der Waals surface area contributed by atoms with Crippen LogP contribution in [-0.2, 0) is 9.59 Å². The zero-order valence-electron chi connectivity index (χ0n) is 10.0. The second kappa shape index (κ2) is 5.69. The van der Waals surface area contributed by atoms with Gasteiger partial charge in [-0.1, -0.05) is 0 Å². The molecule has 2 N–H and O–H groups in total. The molecule has 0 unspecified atom stereocenters. The summed E-state index contributed by atoms with van der Waals surface area (Å²) in [5.74, 6) is -2.17. The summed E-state index contributed by atoms with van der Waals surface area (Å²) < 4.78 is 13.3. The zero-order chi connectivity index (χ0) is 14.0. The maximum absolute atomic E-state index is 13.1. The summed E-state index contributed by atoms with van der Waals surface area (Å²) in [5, 5.41) is 11.6. The van der Waals surface area contributed by atoms with E-state index in [1.807, 2.05) is 0 Å². The number of carboxylic acid groups (broad SMARTS) is 1. The highest BCUT2D eigenvalue weighted by Crippen LogP contribution is 2.32. The Balaban J connectivity index is 1.98. The maximum atomic E-state index is 13.1. The van der Waals surface area contributed by atoms with Crippen LogP contribution in [0.2, 0.25) is 0 Å². The van der Waals surface area contributed by atoms with Crippen molar-refractivity contribution in [2.75, 3.05) is 5.32 Å². The van der Waals surface area contributed by atoms with E-state index in [2.05, 4.69) is 21.2 Å². The molecule has 0 aliphatic heterocycles. The molecule has 0 spiro atoms. The van der Waals surface area contributed by atoms with E-state index in [0.717, 1.165) is 0 Å². The number of anilines is 1. The molecule has 2 rings (SSSR count). The van der Waals surface area contributed by atoms with Gasteiger partial charge < -0.3 is 10.4 Å². The summed E-state index contributed by atoms with van der Waals surface area (Å²) in [6.07, 6.45) is 1.47. The van der Waals surface area contributed by atoms with Crippen molar-refractivity contribution in [1.82, 2.24) is 0 Å². The molecule has 4 nitrogen and oxygen atoms in total. The molecular formula is C13H13BrFNO3. The molecule has 0 saturated heterocycles. The Kier molecular flexibility index (Phi) is 4.19. The lowest BCUT2D eigenvalue weighted by atomic mass is 10.0. The van der Waals surface area contributed by atoms with Gasteiger partial charge in [-0.3, -0.25) is 9.59 Å². The van der Waals surface area contributed by atoms with Gasteiger partial charge in [0.2, 0.25) is 5.91 Å². The molecule has 1 aliphatic carbocycles. The Labute approximate surface area is 118 Å². The predicted octanol–water partition coefficient (Wildman–Crippen LogP) is 3.03. The molecule has 1 saturated carbocycles. The van der Waals surface area contributed by atoms with Crippen molar-refractivity contribution in [2.24, 2.45) is 11.8 Å². The monoisotopic (exact) mass is 329 g/mol. The highest BCUT2D eigenvalue weighted by molar-refractivity contribution is 9.10. The number of carboxylic acids is 1. The van der Waals surface area contributed by atoms with Gasteiger partial charge in [-0.2, -0.15) is 0 Å². The number of carbonyl (C=O) groups excluding carboxylic acids is 1. The summed E-state index contributed by atoms with van der Waals surface area (Å²) in [6.45, 7) is 0. The summed E-state index contributed by atoms with van der Waals surface area (Å²) >= 11 is 3.04. The molecule has 102 valence electrons. The van der Waals surface area contributed by atoms with Gasteiger partial charge in [0, 0.05) is 11.6 Å². The van der Waals surface area contributed by atoms with Crippen LogP contribution in [0.4, 0.5) is 10.1 Å². The quantitative estimate of drug-likeness (QED) is 0.895. The van der Waals surface area contributed by atoms with E-state index < -0.39 is 17.7 Å². The summed E-state index contributed by atoms with van der Waals surface area (Å²) in [4.78, 5) is 22.8. The first-order valence-electron chi connectivity index (χ1n) is 5.96. The lowest BCUT2D eigenvalue weighted by Gasteiger charge is -2.11. The van der Waals surface area contributed by atoms with Crippen molar-refractivity contribution in [3.63, 3.8) is 0 Å². The first-order valence-corrected chi connectivity index (χ1v) is 6.75. The largest absolute Gasteiger partial charge is 0.481 e. The van der Waals surface area contributed by atoms with Crippen molar-refractivity contribution in [3.8, 4) is 0 Å². The van der Waals surface area contributed by atoms with Crippen LogP contribution < -0.4 is 5.32 Å². The van der Waals surface area contributed by atoms with E-state index in [9.17, 15) is 14.0 Å². The number of amides is 1. The van der Waals surface area contributed by atoms with Gasteiger partial charge >= 0.3 is 5.97 Å². The third-order valence-corrected chi connectivity index (χ3v) is 3.95. The van der Waals surface area contributed by atoms with E-state index in [1.54, 1.807) is 0 Å². The molecular weight excluding hydrogens is 317 g/mol. The molecule has 19 heavy (non-hydrogen) atoms. The van der Waals surface area contributed by atoms with Gasteiger partial charge in [-0.05, 0) is 53.4 Å². The Morgan fingerprint density at radius 3 is 2.58 bits per heavy atom. The van der Waals surface area contributed by atoms with Crippen LogP contribution in [0.5, 0.6) is 0 Å². The lowest BCUT2D eigenvalue weighted by Crippen LogP contribution is -2.21. The number of benzene rings is 1. The number of hydrogen-bond donors (Lipinski definition) is 2. The lowest BCUT2D eigenvalue weighted by molar-refractivity contribution is -0.141. The van der Waals surface area contributed by atoms with Crippen LogP contribution in [0.15, 0.2) is 22.7 Å². The number of hydrogen-bond acceptors (Lipinski definition) is 2. The Hall–Kier alpha value is -1.43. The Morgan fingerprint density at radius 2 is 2.00 bits per heavy atom. The summed E-state index contributed by atoms with van der Waals surface area (Å²) in [5.41, 5.74) is 0.497. The number of aliphatic carboxylic acids is 1. The van der Waals surface area contributed by atoms with Crippen molar-refractivity contribution >= 4 is 33.5 Å². The smallest absolute Gasteiger partial charge is 0.306 e. The van der Waals surface area contributed by atoms with Crippen LogP contribution in [0.25, 0.3) is 0 Å². The van der Waals surface area contributed by atoms with E-state index in [4.69, 9.17) is 5.11 Å². The second-order valence-electron chi connectivity index (χ2n) is 4.66. The van der Waals surface area contributed by atoms with Crippen LogP contribution in [0.1, 0.15) is 19.3 Å². The van der Waals surface area contributed by atoms with E-state index in [-0.39, 0.29) is 16.3 Å². The van der Waals surface area contributed by atoms with Gasteiger partial charge in [-0.15, -0.1) is 0 Å². The molecule has 1 aliphatic rings. The van der Waals surface area contributed by atoms with Crippen LogP contribution in [0.3, 0.4) is 0 Å². The van der Waals surface area contributed by atoms with E-state index in [1.165, 1.54) is 18.2 Å². The number of nitrogens with one attached hydrogen (secondary N) is 1. The van der Waals surface area contributed by atoms with Crippen molar-refractivity contribution < 1.29 is 19.1 Å². The van der Waals surface area contributed by atoms with Crippen molar-refractivity contribution in [3.05, 3.63) is 28.5 Å². The van der Waals surface area contributed by atoms with Crippen LogP contribution in [0, 0.1) is 17.7 Å². The second-order valence-corrected chi connectivity index (χ2v) is 5.52. The number of rotatable bonds is 3. The Morgan fingerprint density at radius 1 is 1.32 bits per heavy atom. The topological polar surface area (TPSA) is 66.4 Å². The minimum Gasteiger partial charge on any atom is -0.481 e. The molecule has 2 atom stereocenters.